The van der Waals surface area contributed by atoms with E-state index in [0.29, 0.717) is 47.0 Å². The van der Waals surface area contributed by atoms with Crippen LogP contribution in [0.25, 0.3) is 22.3 Å². The summed E-state index contributed by atoms with van der Waals surface area (Å²) in [6.07, 6.45) is 2.76. The van der Waals surface area contributed by atoms with Gasteiger partial charge in [-0.3, -0.25) is 4.79 Å². The molecule has 35 heavy (non-hydrogen) atoms. The van der Waals surface area contributed by atoms with Gasteiger partial charge in [-0.25, -0.2) is 14.6 Å². The molecular weight excluding hydrogens is 448 g/mol. The van der Waals surface area contributed by atoms with Crippen LogP contribution in [0.15, 0.2) is 54.9 Å². The van der Waals surface area contributed by atoms with E-state index in [1.165, 1.54) is 6.33 Å². The molecule has 10 nitrogen and oxygen atoms in total. The highest BCUT2D eigenvalue weighted by molar-refractivity contribution is 5.98. The lowest BCUT2D eigenvalue weighted by Crippen LogP contribution is -2.27. The van der Waals surface area contributed by atoms with Crippen molar-refractivity contribution in [1.29, 1.82) is 0 Å². The third-order valence-electron chi connectivity index (χ3n) is 5.56. The number of carbonyl (C=O) groups is 1. The fourth-order valence-corrected chi connectivity index (χ4v) is 3.83. The third-order valence-corrected chi connectivity index (χ3v) is 5.56. The molecule has 0 saturated heterocycles. The Labute approximate surface area is 202 Å². The van der Waals surface area contributed by atoms with Gasteiger partial charge in [0.25, 0.3) is 0 Å². The van der Waals surface area contributed by atoms with Crippen molar-refractivity contribution in [2.45, 2.75) is 32.2 Å². The SMILES string of the molecule is CCCNCC(CCC(=O)O)n1nc(-c2ccc(Oc3ccc(O)cc3)cc2)c2c(N)ncnc21. The molecule has 0 aliphatic carbocycles. The van der Waals surface area contributed by atoms with E-state index in [2.05, 4.69) is 22.2 Å². The largest absolute Gasteiger partial charge is 0.508 e. The highest BCUT2D eigenvalue weighted by Gasteiger charge is 2.23. The van der Waals surface area contributed by atoms with Gasteiger partial charge in [0.1, 0.15) is 35.1 Å². The number of ether oxygens (including phenoxy) is 1. The summed E-state index contributed by atoms with van der Waals surface area (Å²) >= 11 is 0. The van der Waals surface area contributed by atoms with Gasteiger partial charge in [-0.05, 0) is 67.9 Å². The molecule has 5 N–H and O–H groups in total. The number of nitrogens with two attached hydrogens (primary N) is 1. The van der Waals surface area contributed by atoms with Crippen LogP contribution in [0.2, 0.25) is 0 Å². The van der Waals surface area contributed by atoms with Crippen LogP contribution in [0.3, 0.4) is 0 Å². The molecule has 1 atom stereocenters. The number of nitrogens with one attached hydrogen (secondary N) is 1. The number of aromatic hydroxyl groups is 1. The number of rotatable bonds is 11. The first-order valence-corrected chi connectivity index (χ1v) is 11.4. The zero-order valence-corrected chi connectivity index (χ0v) is 19.4. The van der Waals surface area contributed by atoms with Crippen molar-refractivity contribution in [2.24, 2.45) is 0 Å². The van der Waals surface area contributed by atoms with Crippen molar-refractivity contribution in [3.05, 3.63) is 54.9 Å². The standard InChI is InChI=1S/C25H28N6O4/c1-2-13-27-14-17(5-12-21(33)34)31-25-22(24(26)28-15-29-25)23(30-31)16-3-8-19(9-4-16)35-20-10-6-18(32)7-11-20/h3-4,6-11,15,17,27,32H,2,5,12-14H2,1H3,(H,33,34)(H2,26,28,29). The smallest absolute Gasteiger partial charge is 0.303 e. The lowest BCUT2D eigenvalue weighted by Gasteiger charge is -2.18. The van der Waals surface area contributed by atoms with Gasteiger partial charge in [-0.2, -0.15) is 5.10 Å². The maximum absolute atomic E-state index is 11.3. The Morgan fingerprint density at radius 3 is 2.46 bits per heavy atom. The van der Waals surface area contributed by atoms with Crippen LogP contribution in [-0.4, -0.2) is 49.0 Å². The summed E-state index contributed by atoms with van der Waals surface area (Å²) in [5, 5.41) is 27.5. The Balaban J connectivity index is 1.68. The number of hydrogen-bond acceptors (Lipinski definition) is 8. The topological polar surface area (TPSA) is 148 Å². The van der Waals surface area contributed by atoms with E-state index in [9.17, 15) is 15.0 Å². The van der Waals surface area contributed by atoms with Gasteiger partial charge in [-0.1, -0.05) is 6.92 Å². The lowest BCUT2D eigenvalue weighted by molar-refractivity contribution is -0.137. The van der Waals surface area contributed by atoms with Crippen LogP contribution in [0.1, 0.15) is 32.2 Å². The molecule has 2 aromatic carbocycles. The molecule has 4 aromatic rings. The van der Waals surface area contributed by atoms with Gasteiger partial charge in [-0.15, -0.1) is 0 Å². The normalized spacial score (nSPS) is 12.0. The Morgan fingerprint density at radius 2 is 1.80 bits per heavy atom. The summed E-state index contributed by atoms with van der Waals surface area (Å²) in [7, 11) is 0. The molecule has 0 amide bonds. The van der Waals surface area contributed by atoms with Crippen LogP contribution in [-0.2, 0) is 4.79 Å². The molecule has 1 unspecified atom stereocenters. The summed E-state index contributed by atoms with van der Waals surface area (Å²) in [5.74, 6) is 0.834. The van der Waals surface area contributed by atoms with E-state index < -0.39 is 5.97 Å². The first-order chi connectivity index (χ1) is 17.0. The van der Waals surface area contributed by atoms with E-state index >= 15 is 0 Å². The number of phenols is 1. The number of carboxylic acid groups (broad SMARTS) is 1. The second-order valence-corrected chi connectivity index (χ2v) is 8.16. The second-order valence-electron chi connectivity index (χ2n) is 8.16. The van der Waals surface area contributed by atoms with Gasteiger partial charge in [0.15, 0.2) is 5.65 Å². The average molecular weight is 477 g/mol. The number of fused-ring (bicyclic) bond motifs is 1. The fraction of sp³-hybridized carbons (Fsp3) is 0.280. The molecule has 182 valence electrons. The average Bonchev–Trinajstić information content (AvgIpc) is 3.24. The number of phenolic OH excluding ortho intramolecular Hbond substituents is 1. The van der Waals surface area contributed by atoms with E-state index in [4.69, 9.17) is 15.6 Å². The quantitative estimate of drug-likeness (QED) is 0.236. The molecule has 2 aromatic heterocycles. The van der Waals surface area contributed by atoms with Crippen LogP contribution >= 0.6 is 0 Å². The Bertz CT molecular complexity index is 1290. The molecule has 0 bridgehead atoms. The van der Waals surface area contributed by atoms with Gasteiger partial charge >= 0.3 is 5.97 Å². The minimum atomic E-state index is -0.861. The zero-order valence-electron chi connectivity index (χ0n) is 19.4. The molecule has 2 heterocycles. The molecular formula is C25H28N6O4. The highest BCUT2D eigenvalue weighted by atomic mass is 16.5. The first-order valence-electron chi connectivity index (χ1n) is 11.4. The first kappa shape index (κ1) is 24.0. The fourth-order valence-electron chi connectivity index (χ4n) is 3.83. The number of aliphatic carboxylic acids is 1. The molecule has 0 aliphatic heterocycles. The maximum atomic E-state index is 11.3. The summed E-state index contributed by atoms with van der Waals surface area (Å²) in [4.78, 5) is 19.9. The Hall–Kier alpha value is -4.18. The molecule has 0 aliphatic rings. The highest BCUT2D eigenvalue weighted by Crippen LogP contribution is 2.34. The monoisotopic (exact) mass is 476 g/mol. The summed E-state index contributed by atoms with van der Waals surface area (Å²) in [5.41, 5.74) is 8.21. The van der Waals surface area contributed by atoms with Crippen molar-refractivity contribution in [3.63, 3.8) is 0 Å². The molecule has 0 spiro atoms. The maximum Gasteiger partial charge on any atom is 0.303 e. The predicted octanol–water partition coefficient (Wildman–Crippen LogP) is 3.98. The second kappa shape index (κ2) is 10.8. The van der Waals surface area contributed by atoms with Gasteiger partial charge in [0, 0.05) is 18.5 Å². The number of hydrogen-bond donors (Lipinski definition) is 4. The summed E-state index contributed by atoms with van der Waals surface area (Å²) < 4.78 is 7.60. The van der Waals surface area contributed by atoms with Crippen molar-refractivity contribution in [3.8, 4) is 28.5 Å². The molecule has 0 saturated carbocycles. The number of nitrogen functional groups attached to an aromatic ring is 1. The number of aromatic nitrogens is 4. The summed E-state index contributed by atoms with van der Waals surface area (Å²) in [6, 6.07) is 13.6. The van der Waals surface area contributed by atoms with Crippen molar-refractivity contribution in [2.75, 3.05) is 18.8 Å². The Morgan fingerprint density at radius 1 is 1.11 bits per heavy atom. The minimum Gasteiger partial charge on any atom is -0.508 e. The lowest BCUT2D eigenvalue weighted by atomic mass is 10.1. The molecule has 0 radical (unpaired) electrons. The number of benzene rings is 2. The van der Waals surface area contributed by atoms with Crippen molar-refractivity contribution < 1.29 is 19.7 Å². The van der Waals surface area contributed by atoms with Crippen molar-refractivity contribution in [1.82, 2.24) is 25.1 Å². The zero-order chi connectivity index (χ0) is 24.8. The number of carboxylic acids is 1. The number of anilines is 1. The van der Waals surface area contributed by atoms with Crippen LogP contribution in [0, 0.1) is 0 Å². The van der Waals surface area contributed by atoms with Gasteiger partial charge in [0.2, 0.25) is 0 Å². The summed E-state index contributed by atoms with van der Waals surface area (Å²) in [6.45, 7) is 3.44. The predicted molar refractivity (Wildman–Crippen MR) is 132 cm³/mol. The van der Waals surface area contributed by atoms with Crippen LogP contribution in [0.4, 0.5) is 5.82 Å². The van der Waals surface area contributed by atoms with Gasteiger partial charge < -0.3 is 26.0 Å². The van der Waals surface area contributed by atoms with Crippen LogP contribution < -0.4 is 15.8 Å². The minimum absolute atomic E-state index is 0.0129. The molecule has 4 rings (SSSR count). The van der Waals surface area contributed by atoms with E-state index in [1.54, 1.807) is 28.9 Å². The molecule has 0 fully saturated rings. The van der Waals surface area contributed by atoms with Crippen LogP contribution in [0.5, 0.6) is 17.2 Å². The Kier molecular flexibility index (Phi) is 7.41. The van der Waals surface area contributed by atoms with E-state index in [-0.39, 0.29) is 18.2 Å². The number of nitrogens with zero attached hydrogens (tertiary/aromatic N) is 4. The van der Waals surface area contributed by atoms with Gasteiger partial charge in [0.05, 0.1) is 11.4 Å². The molecule has 10 heteroatoms. The van der Waals surface area contributed by atoms with Crippen molar-refractivity contribution >= 4 is 22.8 Å². The van der Waals surface area contributed by atoms with E-state index in [1.807, 2.05) is 24.3 Å². The third kappa shape index (κ3) is 5.67. The van der Waals surface area contributed by atoms with E-state index in [0.717, 1.165) is 18.5 Å².